The van der Waals surface area contributed by atoms with E-state index in [2.05, 4.69) is 38.2 Å². The molecule has 188 valence electrons. The molecular weight excluding hydrogens is 468 g/mol. The Hall–Kier alpha value is -3.80. The molecule has 12 heteroatoms. The molecule has 1 saturated heterocycles. The minimum atomic E-state index is -3.17. The van der Waals surface area contributed by atoms with Gasteiger partial charge in [-0.3, -0.25) is 9.69 Å². The van der Waals surface area contributed by atoms with Crippen LogP contribution in [0.2, 0.25) is 0 Å². The number of nitrogens with zero attached hydrogens (tertiary/aromatic N) is 6. The second kappa shape index (κ2) is 7.85. The minimum Gasteiger partial charge on any atom is -0.382 e. The van der Waals surface area contributed by atoms with Crippen molar-refractivity contribution in [2.45, 2.75) is 37.8 Å². The third kappa shape index (κ3) is 3.55. The lowest BCUT2D eigenvalue weighted by Crippen LogP contribution is -2.49. The molecule has 1 unspecified atom stereocenters. The highest BCUT2D eigenvalue weighted by Crippen LogP contribution is 2.50. The first-order valence-corrected chi connectivity index (χ1v) is 11.9. The van der Waals surface area contributed by atoms with Gasteiger partial charge in [-0.2, -0.15) is 5.10 Å². The molecule has 0 bridgehead atoms. The van der Waals surface area contributed by atoms with Gasteiger partial charge in [0.2, 0.25) is 0 Å². The molecule has 36 heavy (non-hydrogen) atoms. The maximum atomic E-state index is 14.3. The third-order valence-corrected chi connectivity index (χ3v) is 7.73. The summed E-state index contributed by atoms with van der Waals surface area (Å²) >= 11 is 0. The summed E-state index contributed by atoms with van der Waals surface area (Å²) in [6.45, 7) is -0.0366. The SMILES string of the molecule is Nc1cc2n(n1)CC(F)(F)CN2C(=O)c1ncc(N2CCC3(CC2)Cc2ccccc2C3N)nc1N. The standard InChI is InChI=1S/C24H27F2N9O/c25-24(26)12-34(18-9-16(27)32-35(18)13-24)22(36)19-21(29)31-17(11-30-19)33-7-5-23(6-8-33)10-14-3-1-2-4-15(14)20(23)28/h1-4,9,11,20H,5-8,10,12-13,28H2,(H2,27,32)(H2,29,31). The van der Waals surface area contributed by atoms with Crippen LogP contribution >= 0.6 is 0 Å². The summed E-state index contributed by atoms with van der Waals surface area (Å²) in [7, 11) is 0. The number of carbonyl (C=O) groups is 1. The molecule has 4 heterocycles. The Morgan fingerprint density at radius 2 is 1.86 bits per heavy atom. The van der Waals surface area contributed by atoms with E-state index in [1.165, 1.54) is 23.4 Å². The number of aromatic nitrogens is 4. The average molecular weight is 496 g/mol. The van der Waals surface area contributed by atoms with Crippen LogP contribution in [-0.2, 0) is 13.0 Å². The predicted octanol–water partition coefficient (Wildman–Crippen LogP) is 1.98. The van der Waals surface area contributed by atoms with E-state index in [0.717, 1.165) is 41.9 Å². The lowest BCUT2D eigenvalue weighted by molar-refractivity contribution is -0.0185. The number of halogens is 2. The first-order chi connectivity index (χ1) is 17.2. The van der Waals surface area contributed by atoms with Crippen LogP contribution < -0.4 is 27.0 Å². The Morgan fingerprint density at radius 1 is 1.11 bits per heavy atom. The number of alkyl halides is 2. The van der Waals surface area contributed by atoms with Gasteiger partial charge in [0.05, 0.1) is 12.7 Å². The van der Waals surface area contributed by atoms with E-state index in [1.807, 2.05) is 6.07 Å². The van der Waals surface area contributed by atoms with Gasteiger partial charge in [-0.1, -0.05) is 24.3 Å². The van der Waals surface area contributed by atoms with E-state index in [4.69, 9.17) is 17.2 Å². The molecule has 1 aromatic carbocycles. The van der Waals surface area contributed by atoms with Crippen molar-refractivity contribution in [2.24, 2.45) is 11.1 Å². The lowest BCUT2D eigenvalue weighted by atomic mass is 9.73. The van der Waals surface area contributed by atoms with Gasteiger partial charge in [-0.15, -0.1) is 0 Å². The second-order valence-corrected chi connectivity index (χ2v) is 10.00. The molecule has 6 N–H and O–H groups in total. The third-order valence-electron chi connectivity index (χ3n) is 7.73. The minimum absolute atomic E-state index is 0.00264. The number of benzene rings is 1. The maximum Gasteiger partial charge on any atom is 0.285 e. The van der Waals surface area contributed by atoms with Crippen LogP contribution in [0.3, 0.4) is 0 Å². The zero-order valence-corrected chi connectivity index (χ0v) is 19.6. The second-order valence-electron chi connectivity index (χ2n) is 10.00. The smallest absolute Gasteiger partial charge is 0.285 e. The predicted molar refractivity (Wildman–Crippen MR) is 131 cm³/mol. The van der Waals surface area contributed by atoms with Crippen LogP contribution in [0.15, 0.2) is 36.5 Å². The zero-order chi connectivity index (χ0) is 25.2. The summed E-state index contributed by atoms with van der Waals surface area (Å²) in [5.41, 5.74) is 20.8. The Kier molecular flexibility index (Phi) is 4.94. The molecule has 3 aliphatic rings. The molecule has 1 amide bonds. The van der Waals surface area contributed by atoms with E-state index in [0.29, 0.717) is 5.82 Å². The fraction of sp³-hybridized carbons (Fsp3) is 0.417. The molecule has 1 spiro atoms. The van der Waals surface area contributed by atoms with Crippen molar-refractivity contribution >= 4 is 29.2 Å². The molecule has 10 nitrogen and oxygen atoms in total. The van der Waals surface area contributed by atoms with Crippen molar-refractivity contribution in [3.63, 3.8) is 0 Å². The van der Waals surface area contributed by atoms with E-state index in [9.17, 15) is 13.6 Å². The van der Waals surface area contributed by atoms with E-state index in [-0.39, 0.29) is 34.6 Å². The number of hydrogen-bond acceptors (Lipinski definition) is 8. The number of rotatable bonds is 2. The normalized spacial score (nSPS) is 21.9. The Labute approximate surface area is 206 Å². The highest BCUT2D eigenvalue weighted by molar-refractivity contribution is 6.07. The van der Waals surface area contributed by atoms with Crippen LogP contribution in [0.25, 0.3) is 0 Å². The molecule has 6 rings (SSSR count). The largest absolute Gasteiger partial charge is 0.382 e. The van der Waals surface area contributed by atoms with Gasteiger partial charge in [0, 0.05) is 25.2 Å². The Bertz CT molecular complexity index is 1350. The van der Waals surface area contributed by atoms with Crippen molar-refractivity contribution in [3.8, 4) is 0 Å². The molecule has 1 atom stereocenters. The summed E-state index contributed by atoms with van der Waals surface area (Å²) in [5.74, 6) is -3.31. The monoisotopic (exact) mass is 495 g/mol. The van der Waals surface area contributed by atoms with Gasteiger partial charge in [-0.05, 0) is 35.8 Å². The van der Waals surface area contributed by atoms with Crippen LogP contribution in [0.5, 0.6) is 0 Å². The Morgan fingerprint density at radius 3 is 2.58 bits per heavy atom. The summed E-state index contributed by atoms with van der Waals surface area (Å²) < 4.78 is 29.6. The number of nitrogen functional groups attached to an aromatic ring is 2. The van der Waals surface area contributed by atoms with Crippen LogP contribution in [0.4, 0.5) is 32.1 Å². The van der Waals surface area contributed by atoms with Crippen molar-refractivity contribution in [1.29, 1.82) is 0 Å². The summed E-state index contributed by atoms with van der Waals surface area (Å²) in [4.78, 5) is 24.8. The van der Waals surface area contributed by atoms with Gasteiger partial charge < -0.3 is 22.1 Å². The van der Waals surface area contributed by atoms with Gasteiger partial charge in [0.15, 0.2) is 11.5 Å². The number of fused-ring (bicyclic) bond motifs is 2. The molecule has 3 aromatic rings. The van der Waals surface area contributed by atoms with Gasteiger partial charge >= 0.3 is 0 Å². The van der Waals surface area contributed by atoms with Gasteiger partial charge in [0.1, 0.15) is 24.0 Å². The summed E-state index contributed by atoms with van der Waals surface area (Å²) in [6.07, 6.45) is 4.21. The fourth-order valence-corrected chi connectivity index (χ4v) is 5.84. The van der Waals surface area contributed by atoms with E-state index in [1.54, 1.807) is 0 Å². The zero-order valence-electron chi connectivity index (χ0n) is 19.6. The molecule has 2 aliphatic heterocycles. The molecule has 1 aliphatic carbocycles. The average Bonchev–Trinajstić information content (AvgIpc) is 3.34. The highest BCUT2D eigenvalue weighted by atomic mass is 19.3. The fourth-order valence-electron chi connectivity index (χ4n) is 5.84. The van der Waals surface area contributed by atoms with Crippen molar-refractivity contribution in [2.75, 3.05) is 40.9 Å². The first kappa shape index (κ1) is 22.7. The summed E-state index contributed by atoms with van der Waals surface area (Å²) in [6, 6.07) is 9.72. The van der Waals surface area contributed by atoms with Crippen molar-refractivity contribution in [3.05, 3.63) is 53.3 Å². The van der Waals surface area contributed by atoms with Crippen molar-refractivity contribution in [1.82, 2.24) is 19.7 Å². The quantitative estimate of drug-likeness (QED) is 0.489. The van der Waals surface area contributed by atoms with Crippen LogP contribution in [0, 0.1) is 5.41 Å². The topological polar surface area (TPSA) is 145 Å². The number of hydrogen-bond donors (Lipinski definition) is 3. The maximum absolute atomic E-state index is 14.3. The molecule has 0 saturated carbocycles. The number of amides is 1. The number of anilines is 4. The van der Waals surface area contributed by atoms with E-state index >= 15 is 0 Å². The first-order valence-electron chi connectivity index (χ1n) is 11.9. The van der Waals surface area contributed by atoms with Crippen LogP contribution in [-0.4, -0.2) is 51.2 Å². The van der Waals surface area contributed by atoms with Crippen LogP contribution in [0.1, 0.15) is 40.5 Å². The van der Waals surface area contributed by atoms with Gasteiger partial charge in [0.25, 0.3) is 11.8 Å². The lowest BCUT2D eigenvalue weighted by Gasteiger charge is -2.42. The molecule has 0 radical (unpaired) electrons. The molecule has 1 fully saturated rings. The Balaban J connectivity index is 1.20. The summed E-state index contributed by atoms with van der Waals surface area (Å²) in [5, 5.41) is 3.86. The van der Waals surface area contributed by atoms with Crippen molar-refractivity contribution < 1.29 is 13.6 Å². The number of nitrogens with two attached hydrogens (primary N) is 3. The number of carbonyl (C=O) groups excluding carboxylic acids is 1. The number of piperidine rings is 1. The molecule has 2 aromatic heterocycles. The highest BCUT2D eigenvalue weighted by Gasteiger charge is 2.46. The van der Waals surface area contributed by atoms with Gasteiger partial charge in [-0.25, -0.2) is 23.4 Å². The van der Waals surface area contributed by atoms with E-state index < -0.39 is 24.9 Å². The molecular formula is C24H27F2N9O.